The minimum atomic E-state index is -0.261. The number of ether oxygens (including phenoxy) is 1. The van der Waals surface area contributed by atoms with Gasteiger partial charge in [-0.2, -0.15) is 0 Å². The number of H-pyrrole nitrogens is 1. The Bertz CT molecular complexity index is 749. The van der Waals surface area contributed by atoms with Gasteiger partial charge in [0.05, 0.1) is 23.7 Å². The van der Waals surface area contributed by atoms with Gasteiger partial charge in [0, 0.05) is 5.56 Å². The van der Waals surface area contributed by atoms with E-state index < -0.39 is 0 Å². The molecule has 114 valence electrons. The van der Waals surface area contributed by atoms with Gasteiger partial charge < -0.3 is 9.72 Å². The van der Waals surface area contributed by atoms with E-state index in [0.29, 0.717) is 6.61 Å². The third kappa shape index (κ3) is 3.02. The summed E-state index contributed by atoms with van der Waals surface area (Å²) in [5, 5.41) is 0. The Morgan fingerprint density at radius 3 is 2.82 bits per heavy atom. The zero-order valence-electron chi connectivity index (χ0n) is 12.8. The molecule has 0 aliphatic rings. The molecular weight excluding hydrogens is 279 g/mol. The number of imidazole rings is 1. The lowest BCUT2D eigenvalue weighted by molar-refractivity contribution is 0.0509. The van der Waals surface area contributed by atoms with Crippen LogP contribution in [0.2, 0.25) is 0 Å². The third-order valence-corrected chi connectivity index (χ3v) is 3.81. The highest BCUT2D eigenvalue weighted by Crippen LogP contribution is 2.25. The first kappa shape index (κ1) is 14.7. The number of hydrogen-bond acceptors (Lipinski definition) is 2. The number of halogens is 1. The fourth-order valence-corrected chi connectivity index (χ4v) is 2.34. The van der Waals surface area contributed by atoms with E-state index in [1.165, 1.54) is 12.1 Å². The van der Waals surface area contributed by atoms with Crippen molar-refractivity contribution in [2.24, 2.45) is 0 Å². The summed E-state index contributed by atoms with van der Waals surface area (Å²) < 4.78 is 19.3. The van der Waals surface area contributed by atoms with Crippen LogP contribution in [0.4, 0.5) is 4.39 Å². The summed E-state index contributed by atoms with van der Waals surface area (Å²) in [6.07, 6.45) is 1.07. The fraction of sp³-hybridized carbons (Fsp3) is 0.278. The van der Waals surface area contributed by atoms with Gasteiger partial charge in [-0.05, 0) is 49.2 Å². The first-order valence-corrected chi connectivity index (χ1v) is 7.52. The molecule has 0 spiro atoms. The number of nitrogens with one attached hydrogen (secondary N) is 1. The normalized spacial score (nSPS) is 12.7. The molecule has 1 aromatic heterocycles. The molecular formula is C18H19FN2O. The number of rotatable bonds is 5. The summed E-state index contributed by atoms with van der Waals surface area (Å²) >= 11 is 0. The number of fused-ring (bicyclic) bond motifs is 1. The van der Waals surface area contributed by atoms with Gasteiger partial charge in [0.25, 0.3) is 0 Å². The van der Waals surface area contributed by atoms with Crippen LogP contribution < -0.4 is 0 Å². The van der Waals surface area contributed by atoms with Crippen molar-refractivity contribution in [3.8, 4) is 11.4 Å². The van der Waals surface area contributed by atoms with Crippen LogP contribution in [-0.2, 0) is 11.3 Å². The molecule has 0 saturated heterocycles. The average molecular weight is 298 g/mol. The molecule has 3 aromatic rings. The van der Waals surface area contributed by atoms with Gasteiger partial charge in [0.1, 0.15) is 11.6 Å². The van der Waals surface area contributed by atoms with E-state index in [2.05, 4.69) is 16.9 Å². The number of benzene rings is 2. The highest BCUT2D eigenvalue weighted by atomic mass is 19.1. The topological polar surface area (TPSA) is 37.9 Å². The van der Waals surface area contributed by atoms with Crippen LogP contribution in [0.3, 0.4) is 0 Å². The monoisotopic (exact) mass is 298 g/mol. The second kappa shape index (κ2) is 6.28. The highest BCUT2D eigenvalue weighted by molar-refractivity contribution is 5.79. The molecule has 1 atom stereocenters. The van der Waals surface area contributed by atoms with Crippen molar-refractivity contribution in [2.45, 2.75) is 33.0 Å². The van der Waals surface area contributed by atoms with E-state index in [4.69, 9.17) is 4.74 Å². The molecule has 1 N–H and O–H groups in total. The van der Waals surface area contributed by atoms with Crippen LogP contribution in [0.25, 0.3) is 22.4 Å². The van der Waals surface area contributed by atoms with Gasteiger partial charge in [-0.25, -0.2) is 9.37 Å². The van der Waals surface area contributed by atoms with Crippen LogP contribution in [-0.4, -0.2) is 16.1 Å². The summed E-state index contributed by atoms with van der Waals surface area (Å²) in [7, 11) is 0. The zero-order valence-corrected chi connectivity index (χ0v) is 12.8. The van der Waals surface area contributed by atoms with Gasteiger partial charge in [0.2, 0.25) is 0 Å². The van der Waals surface area contributed by atoms with Crippen LogP contribution in [0.1, 0.15) is 25.8 Å². The molecule has 2 aromatic carbocycles. The molecule has 3 nitrogen and oxygen atoms in total. The van der Waals surface area contributed by atoms with Crippen molar-refractivity contribution in [3.63, 3.8) is 0 Å². The number of aromatic amines is 1. The molecule has 0 fully saturated rings. The van der Waals surface area contributed by atoms with E-state index in [1.54, 1.807) is 6.07 Å². The Morgan fingerprint density at radius 2 is 2.05 bits per heavy atom. The summed E-state index contributed by atoms with van der Waals surface area (Å²) in [5.41, 5.74) is 3.55. The first-order chi connectivity index (χ1) is 10.7. The number of nitrogens with zero attached hydrogens (tertiary/aromatic N) is 1. The number of aromatic nitrogens is 2. The zero-order chi connectivity index (χ0) is 15.5. The van der Waals surface area contributed by atoms with Gasteiger partial charge in [-0.3, -0.25) is 0 Å². The van der Waals surface area contributed by atoms with Crippen LogP contribution >= 0.6 is 0 Å². The van der Waals surface area contributed by atoms with Crippen LogP contribution in [0.15, 0.2) is 42.5 Å². The number of hydrogen-bond donors (Lipinski definition) is 1. The molecule has 1 heterocycles. The summed E-state index contributed by atoms with van der Waals surface area (Å²) in [6, 6.07) is 12.6. The fourth-order valence-electron chi connectivity index (χ4n) is 2.34. The average Bonchev–Trinajstić information content (AvgIpc) is 2.96. The highest BCUT2D eigenvalue weighted by Gasteiger charge is 2.12. The maximum atomic E-state index is 13.6. The number of para-hydroxylation sites is 2. The van der Waals surface area contributed by atoms with Crippen molar-refractivity contribution in [1.82, 2.24) is 9.97 Å². The molecule has 0 aliphatic heterocycles. The Kier molecular flexibility index (Phi) is 4.20. The summed E-state index contributed by atoms with van der Waals surface area (Å²) in [5.74, 6) is 0.478. The maximum Gasteiger partial charge on any atom is 0.138 e. The largest absolute Gasteiger partial charge is 0.374 e. The summed E-state index contributed by atoms with van der Waals surface area (Å²) in [6.45, 7) is 4.45. The molecule has 0 radical (unpaired) electrons. The smallest absolute Gasteiger partial charge is 0.138 e. The second-order valence-electron chi connectivity index (χ2n) is 5.43. The molecule has 0 saturated carbocycles. The van der Waals surface area contributed by atoms with Gasteiger partial charge >= 0.3 is 0 Å². The molecule has 0 amide bonds. The van der Waals surface area contributed by atoms with E-state index in [0.717, 1.165) is 34.4 Å². The van der Waals surface area contributed by atoms with Gasteiger partial charge in [-0.15, -0.1) is 0 Å². The molecule has 22 heavy (non-hydrogen) atoms. The van der Waals surface area contributed by atoms with Crippen molar-refractivity contribution in [1.29, 1.82) is 0 Å². The van der Waals surface area contributed by atoms with Gasteiger partial charge in [-0.1, -0.05) is 19.1 Å². The minimum absolute atomic E-state index is 0.145. The first-order valence-electron chi connectivity index (χ1n) is 7.52. The SMILES string of the molecule is CCC(C)OCc1cc(F)ccc1-c1nc2ccccc2[nH]1. The van der Waals surface area contributed by atoms with E-state index in [-0.39, 0.29) is 11.9 Å². The maximum absolute atomic E-state index is 13.6. The Morgan fingerprint density at radius 1 is 1.23 bits per heavy atom. The quantitative estimate of drug-likeness (QED) is 0.742. The molecule has 0 bridgehead atoms. The lowest BCUT2D eigenvalue weighted by Crippen LogP contribution is -2.07. The lowest BCUT2D eigenvalue weighted by Gasteiger charge is -2.13. The molecule has 0 aliphatic carbocycles. The predicted octanol–water partition coefficient (Wildman–Crippen LogP) is 4.68. The van der Waals surface area contributed by atoms with E-state index in [1.807, 2.05) is 31.2 Å². The van der Waals surface area contributed by atoms with Crippen molar-refractivity contribution in [3.05, 3.63) is 53.8 Å². The van der Waals surface area contributed by atoms with Gasteiger partial charge in [0.15, 0.2) is 0 Å². The van der Waals surface area contributed by atoms with E-state index >= 15 is 0 Å². The molecule has 1 unspecified atom stereocenters. The Hall–Kier alpha value is -2.20. The second-order valence-corrected chi connectivity index (χ2v) is 5.43. The Balaban J connectivity index is 1.98. The van der Waals surface area contributed by atoms with Crippen molar-refractivity contribution in [2.75, 3.05) is 0 Å². The van der Waals surface area contributed by atoms with Crippen LogP contribution in [0, 0.1) is 5.82 Å². The molecule has 4 heteroatoms. The lowest BCUT2D eigenvalue weighted by atomic mass is 10.1. The third-order valence-electron chi connectivity index (χ3n) is 3.81. The Labute approximate surface area is 129 Å². The molecule has 3 rings (SSSR count). The minimum Gasteiger partial charge on any atom is -0.374 e. The van der Waals surface area contributed by atoms with Crippen molar-refractivity contribution < 1.29 is 9.13 Å². The standard InChI is InChI=1S/C18H19FN2O/c1-3-12(2)22-11-13-10-14(19)8-9-15(13)18-20-16-6-4-5-7-17(16)21-18/h4-10,12H,3,11H2,1-2H3,(H,20,21). The van der Waals surface area contributed by atoms with Crippen molar-refractivity contribution >= 4 is 11.0 Å². The van der Waals surface area contributed by atoms with Crippen LogP contribution in [0.5, 0.6) is 0 Å². The summed E-state index contributed by atoms with van der Waals surface area (Å²) in [4.78, 5) is 7.87. The van der Waals surface area contributed by atoms with E-state index in [9.17, 15) is 4.39 Å². The predicted molar refractivity (Wildman–Crippen MR) is 86.0 cm³/mol.